The largest absolute Gasteiger partial charge is 0.431 e. The summed E-state index contributed by atoms with van der Waals surface area (Å²) in [5, 5.41) is 1.15. The van der Waals surface area contributed by atoms with Crippen LogP contribution < -0.4 is 4.74 Å². The average Bonchev–Trinajstić information content (AvgIpc) is 3.01. The van der Waals surface area contributed by atoms with Crippen molar-refractivity contribution in [1.29, 1.82) is 0 Å². The highest BCUT2D eigenvalue weighted by atomic mass is 35.5. The number of fused-ring (bicyclic) bond motifs is 1. The number of aryl methyl sites for hydroxylation is 1. The summed E-state index contributed by atoms with van der Waals surface area (Å²) in [7, 11) is 0. The first-order valence-electron chi connectivity index (χ1n) is 9.68. The Morgan fingerprint density at radius 3 is 2.55 bits per heavy atom. The number of hydrogen-bond donors (Lipinski definition) is 0. The van der Waals surface area contributed by atoms with E-state index in [2.05, 4.69) is 4.98 Å². The van der Waals surface area contributed by atoms with Crippen LogP contribution in [0.1, 0.15) is 50.7 Å². The van der Waals surface area contributed by atoms with Gasteiger partial charge >= 0.3 is 0 Å². The first-order valence-corrected chi connectivity index (χ1v) is 10.9. The predicted molar refractivity (Wildman–Crippen MR) is 116 cm³/mol. The van der Waals surface area contributed by atoms with Crippen molar-refractivity contribution in [3.63, 3.8) is 0 Å². The van der Waals surface area contributed by atoms with E-state index >= 15 is 0 Å². The molecule has 0 atom stereocenters. The second kappa shape index (κ2) is 7.54. The van der Waals surface area contributed by atoms with E-state index in [9.17, 15) is 9.59 Å². The Labute approximate surface area is 178 Å². The van der Waals surface area contributed by atoms with E-state index in [1.54, 1.807) is 6.07 Å². The van der Waals surface area contributed by atoms with Gasteiger partial charge in [-0.15, -0.1) is 0 Å². The van der Waals surface area contributed by atoms with Crippen molar-refractivity contribution < 1.29 is 14.3 Å². The minimum Gasteiger partial charge on any atom is -0.431 e. The van der Waals surface area contributed by atoms with Crippen molar-refractivity contribution in [3.8, 4) is 10.9 Å². The molecule has 150 valence electrons. The highest BCUT2D eigenvalue weighted by Crippen LogP contribution is 2.41. The zero-order valence-corrected chi connectivity index (χ0v) is 18.2. The summed E-state index contributed by atoms with van der Waals surface area (Å²) in [4.78, 5) is 30.1. The summed E-state index contributed by atoms with van der Waals surface area (Å²) in [6.45, 7) is 5.97. The average molecular weight is 428 g/mol. The molecule has 6 heteroatoms. The minimum atomic E-state index is -0.698. The smallest absolute Gasteiger partial charge is 0.279 e. The van der Waals surface area contributed by atoms with Crippen LogP contribution in [0.25, 0.3) is 10.2 Å². The molecule has 2 aromatic carbocycles. The number of hydrogen-bond acceptors (Lipinski definition) is 5. The number of Topliss-reactive ketones (excluding diaryl/α,β-unsaturated/α-hetero) is 2. The van der Waals surface area contributed by atoms with E-state index in [4.69, 9.17) is 16.3 Å². The van der Waals surface area contributed by atoms with Crippen molar-refractivity contribution in [2.75, 3.05) is 0 Å². The highest BCUT2D eigenvalue weighted by Gasteiger charge is 2.41. The number of carbonyl (C=O) groups excluding carboxylic acids is 2. The summed E-state index contributed by atoms with van der Waals surface area (Å²) in [6, 6.07) is 11.1. The van der Waals surface area contributed by atoms with Gasteiger partial charge in [-0.2, -0.15) is 0 Å². The summed E-state index contributed by atoms with van der Waals surface area (Å²) in [5.41, 5.74) is 2.31. The number of halogens is 1. The number of thiazole rings is 1. The van der Waals surface area contributed by atoms with Gasteiger partial charge < -0.3 is 4.74 Å². The Kier molecular flexibility index (Phi) is 5.21. The van der Waals surface area contributed by atoms with Gasteiger partial charge in [0.05, 0.1) is 10.2 Å². The molecule has 1 aliphatic carbocycles. The monoisotopic (exact) mass is 427 g/mol. The second-order valence-corrected chi connectivity index (χ2v) is 9.72. The lowest BCUT2D eigenvalue weighted by molar-refractivity contribution is -0.135. The number of ether oxygens (including phenoxy) is 1. The standard InChI is InChI=1S/C23H22ClNO3S/c1-4-13-5-7-15(28-22-25-17-8-6-14(24)9-20(17)29-22)10-16(13)21-18(26)11-23(2,3)12-19(21)27/h5-10,21H,4,11-12H2,1-3H3. The third kappa shape index (κ3) is 4.07. The molecule has 4 rings (SSSR count). The van der Waals surface area contributed by atoms with Crippen LogP contribution in [0.3, 0.4) is 0 Å². The molecule has 0 bridgehead atoms. The number of ketones is 2. The fourth-order valence-corrected chi connectivity index (χ4v) is 5.10. The molecule has 0 N–H and O–H groups in total. The number of benzene rings is 2. The van der Waals surface area contributed by atoms with Gasteiger partial charge in [0, 0.05) is 17.9 Å². The molecule has 29 heavy (non-hydrogen) atoms. The van der Waals surface area contributed by atoms with E-state index in [1.807, 2.05) is 51.1 Å². The molecule has 0 unspecified atom stereocenters. The SMILES string of the molecule is CCc1ccc(Oc2nc3ccc(Cl)cc3s2)cc1C1C(=O)CC(C)(C)CC1=O. The van der Waals surface area contributed by atoms with Crippen LogP contribution in [0.2, 0.25) is 5.02 Å². The number of carbonyl (C=O) groups is 2. The van der Waals surface area contributed by atoms with Gasteiger partial charge in [0.15, 0.2) is 0 Å². The van der Waals surface area contributed by atoms with Gasteiger partial charge in [-0.25, -0.2) is 4.98 Å². The van der Waals surface area contributed by atoms with Gasteiger partial charge in [-0.1, -0.05) is 49.8 Å². The molecule has 0 spiro atoms. The van der Waals surface area contributed by atoms with E-state index < -0.39 is 5.92 Å². The van der Waals surface area contributed by atoms with E-state index in [0.29, 0.717) is 28.8 Å². The Morgan fingerprint density at radius 2 is 1.86 bits per heavy atom. The van der Waals surface area contributed by atoms with Gasteiger partial charge in [0.25, 0.3) is 5.19 Å². The molecule has 0 radical (unpaired) electrons. The second-order valence-electron chi connectivity index (χ2n) is 8.29. The lowest BCUT2D eigenvalue weighted by Crippen LogP contribution is -2.36. The molecule has 0 saturated heterocycles. The van der Waals surface area contributed by atoms with E-state index in [1.165, 1.54) is 11.3 Å². The zero-order chi connectivity index (χ0) is 20.8. The van der Waals surface area contributed by atoms with Crippen molar-refractivity contribution >= 4 is 44.7 Å². The summed E-state index contributed by atoms with van der Waals surface area (Å²) in [5.74, 6) is -0.135. The number of rotatable bonds is 4. The van der Waals surface area contributed by atoms with Crippen molar-refractivity contribution in [3.05, 3.63) is 52.5 Å². The molecule has 1 fully saturated rings. The third-order valence-electron chi connectivity index (χ3n) is 5.29. The first kappa shape index (κ1) is 20.0. The lowest BCUT2D eigenvalue weighted by atomic mass is 9.69. The Balaban J connectivity index is 1.67. The summed E-state index contributed by atoms with van der Waals surface area (Å²) >= 11 is 7.46. The number of aromatic nitrogens is 1. The predicted octanol–water partition coefficient (Wildman–Crippen LogP) is 6.35. The normalized spacial score (nSPS) is 17.1. The van der Waals surface area contributed by atoms with Gasteiger partial charge in [0.2, 0.25) is 0 Å². The van der Waals surface area contributed by atoms with Crippen LogP contribution in [-0.4, -0.2) is 16.6 Å². The molecule has 1 aromatic heterocycles. The molecule has 0 amide bonds. The van der Waals surface area contributed by atoms with Gasteiger partial charge in [-0.3, -0.25) is 9.59 Å². The molecule has 1 saturated carbocycles. The maximum Gasteiger partial charge on any atom is 0.279 e. The zero-order valence-electron chi connectivity index (χ0n) is 16.6. The Bertz CT molecular complexity index is 1100. The van der Waals surface area contributed by atoms with Crippen molar-refractivity contribution in [1.82, 2.24) is 4.98 Å². The molecular formula is C23H22ClNO3S. The van der Waals surface area contributed by atoms with Crippen LogP contribution >= 0.6 is 22.9 Å². The van der Waals surface area contributed by atoms with Gasteiger partial charge in [0.1, 0.15) is 23.2 Å². The Hall–Kier alpha value is -2.24. The molecule has 0 aliphatic heterocycles. The molecular weight excluding hydrogens is 406 g/mol. The van der Waals surface area contributed by atoms with E-state index in [-0.39, 0.29) is 17.0 Å². The van der Waals surface area contributed by atoms with Crippen LogP contribution in [0, 0.1) is 5.41 Å². The van der Waals surface area contributed by atoms with Crippen LogP contribution in [-0.2, 0) is 16.0 Å². The molecule has 1 heterocycles. The fraction of sp³-hybridized carbons (Fsp3) is 0.348. The minimum absolute atomic E-state index is 0.00673. The summed E-state index contributed by atoms with van der Waals surface area (Å²) in [6.07, 6.45) is 1.57. The molecule has 4 nitrogen and oxygen atoms in total. The molecule has 3 aromatic rings. The quantitative estimate of drug-likeness (QED) is 0.455. The topological polar surface area (TPSA) is 56.3 Å². The van der Waals surface area contributed by atoms with Crippen LogP contribution in [0.5, 0.6) is 10.9 Å². The highest BCUT2D eigenvalue weighted by molar-refractivity contribution is 7.20. The van der Waals surface area contributed by atoms with Crippen LogP contribution in [0.15, 0.2) is 36.4 Å². The molecule has 1 aliphatic rings. The third-order valence-corrected chi connectivity index (χ3v) is 6.43. The maximum absolute atomic E-state index is 12.8. The Morgan fingerprint density at radius 1 is 1.14 bits per heavy atom. The van der Waals surface area contributed by atoms with Gasteiger partial charge in [-0.05, 0) is 53.3 Å². The lowest BCUT2D eigenvalue weighted by Gasteiger charge is -2.33. The number of nitrogens with zero attached hydrogens (tertiary/aromatic N) is 1. The van der Waals surface area contributed by atoms with E-state index in [0.717, 1.165) is 27.8 Å². The summed E-state index contributed by atoms with van der Waals surface area (Å²) < 4.78 is 6.93. The fourth-order valence-electron chi connectivity index (χ4n) is 3.99. The van der Waals surface area contributed by atoms with Crippen molar-refractivity contribution in [2.45, 2.75) is 46.0 Å². The maximum atomic E-state index is 12.8. The van der Waals surface area contributed by atoms with Crippen LogP contribution in [0.4, 0.5) is 0 Å². The van der Waals surface area contributed by atoms with Crippen molar-refractivity contribution in [2.24, 2.45) is 5.41 Å². The first-order chi connectivity index (χ1) is 13.8.